The van der Waals surface area contributed by atoms with Crippen LogP contribution in [0.4, 0.5) is 5.69 Å². The van der Waals surface area contributed by atoms with Crippen LogP contribution in [-0.4, -0.2) is 50.9 Å². The van der Waals surface area contributed by atoms with Crippen LogP contribution in [0.5, 0.6) is 5.75 Å². The Labute approximate surface area is 270 Å². The summed E-state index contributed by atoms with van der Waals surface area (Å²) in [4.78, 5) is 29.8. The Bertz CT molecular complexity index is 1720. The number of carbonyl (C=O) groups excluding carboxylic acids is 2. The van der Waals surface area contributed by atoms with Crippen LogP contribution in [0.25, 0.3) is 0 Å². The molecule has 1 N–H and O–H groups in total. The summed E-state index contributed by atoms with van der Waals surface area (Å²) in [5.74, 6) is -0.694. The van der Waals surface area contributed by atoms with Gasteiger partial charge in [0, 0.05) is 24.0 Å². The third-order valence-electron chi connectivity index (χ3n) is 7.16. The fraction of sp³-hybridized carbons (Fsp3) is 0.257. The van der Waals surface area contributed by atoms with E-state index >= 15 is 0 Å². The van der Waals surface area contributed by atoms with Gasteiger partial charge >= 0.3 is 0 Å². The monoisotopic (exact) mass is 647 g/mol. The number of sulfonamides is 1. The first-order valence-electron chi connectivity index (χ1n) is 14.6. The molecular weight excluding hydrogens is 610 g/mol. The van der Waals surface area contributed by atoms with Crippen LogP contribution in [0.2, 0.25) is 5.02 Å². The number of rotatable bonds is 13. The highest BCUT2D eigenvalue weighted by molar-refractivity contribution is 7.92. The maximum Gasteiger partial charge on any atom is 0.264 e. The van der Waals surface area contributed by atoms with Crippen molar-refractivity contribution in [2.24, 2.45) is 0 Å². The van der Waals surface area contributed by atoms with Gasteiger partial charge in [0.25, 0.3) is 10.0 Å². The Hall–Kier alpha value is -4.34. The van der Waals surface area contributed by atoms with E-state index < -0.39 is 28.5 Å². The van der Waals surface area contributed by atoms with E-state index in [0.717, 1.165) is 21.0 Å². The van der Waals surface area contributed by atoms with Crippen molar-refractivity contribution >= 4 is 39.1 Å². The van der Waals surface area contributed by atoms with E-state index in [2.05, 4.69) is 5.32 Å². The van der Waals surface area contributed by atoms with Crippen LogP contribution in [0.3, 0.4) is 0 Å². The lowest BCUT2D eigenvalue weighted by molar-refractivity contribution is -0.140. The van der Waals surface area contributed by atoms with Crippen LogP contribution >= 0.6 is 11.6 Å². The molecule has 8 nitrogen and oxygen atoms in total. The average molecular weight is 648 g/mol. The average Bonchev–Trinajstić information content (AvgIpc) is 3.02. The number of carbonyl (C=O) groups is 2. The van der Waals surface area contributed by atoms with Crippen molar-refractivity contribution in [2.75, 3.05) is 18.0 Å². The summed E-state index contributed by atoms with van der Waals surface area (Å²) in [6.45, 7) is 5.12. The van der Waals surface area contributed by atoms with Gasteiger partial charge in [0.05, 0.1) is 17.7 Å². The highest BCUT2D eigenvalue weighted by atomic mass is 35.5. The van der Waals surface area contributed by atoms with Gasteiger partial charge in [-0.1, -0.05) is 90.0 Å². The number of nitrogens with one attached hydrogen (secondary N) is 1. The summed E-state index contributed by atoms with van der Waals surface area (Å²) >= 11 is 6.34. The summed E-state index contributed by atoms with van der Waals surface area (Å²) in [6.07, 6.45) is 0.225. The van der Waals surface area contributed by atoms with Crippen LogP contribution < -0.4 is 14.4 Å². The first-order valence-corrected chi connectivity index (χ1v) is 16.4. The number of amides is 2. The zero-order chi connectivity index (χ0) is 32.6. The molecule has 45 heavy (non-hydrogen) atoms. The maximum absolute atomic E-state index is 14.6. The molecule has 0 saturated heterocycles. The fourth-order valence-corrected chi connectivity index (χ4v) is 6.64. The molecule has 0 saturated carbocycles. The van der Waals surface area contributed by atoms with Gasteiger partial charge in [-0.15, -0.1) is 0 Å². The summed E-state index contributed by atoms with van der Waals surface area (Å²) in [5.41, 5.74) is 2.75. The number of ether oxygens (including phenoxy) is 1. The molecule has 0 radical (unpaired) electrons. The second-order valence-corrected chi connectivity index (χ2v) is 13.3. The van der Waals surface area contributed by atoms with Crippen molar-refractivity contribution < 1.29 is 22.7 Å². The molecule has 0 aromatic heterocycles. The third kappa shape index (κ3) is 8.65. The number of halogens is 1. The van der Waals surface area contributed by atoms with Crippen LogP contribution in [0.15, 0.2) is 108 Å². The summed E-state index contributed by atoms with van der Waals surface area (Å²) in [5, 5.41) is 3.23. The highest BCUT2D eigenvalue weighted by Crippen LogP contribution is 2.35. The molecule has 10 heteroatoms. The first-order chi connectivity index (χ1) is 21.5. The van der Waals surface area contributed by atoms with Crippen LogP contribution in [0.1, 0.15) is 30.5 Å². The lowest BCUT2D eigenvalue weighted by atomic mass is 10.0. The van der Waals surface area contributed by atoms with Gasteiger partial charge in [0.1, 0.15) is 18.3 Å². The molecule has 236 valence electrons. The minimum atomic E-state index is -4.29. The zero-order valence-corrected chi connectivity index (χ0v) is 27.4. The quantitative estimate of drug-likeness (QED) is 0.192. The minimum absolute atomic E-state index is 0.0107. The van der Waals surface area contributed by atoms with E-state index in [1.807, 2.05) is 75.4 Å². The molecule has 0 aliphatic rings. The Morgan fingerprint density at radius 3 is 2.13 bits per heavy atom. The second-order valence-electron chi connectivity index (χ2n) is 11.0. The van der Waals surface area contributed by atoms with Gasteiger partial charge in [-0.3, -0.25) is 13.9 Å². The highest BCUT2D eigenvalue weighted by Gasteiger charge is 2.35. The molecule has 4 aromatic rings. The third-order valence-corrected chi connectivity index (χ3v) is 9.17. The van der Waals surface area contributed by atoms with Crippen molar-refractivity contribution in [3.8, 4) is 5.75 Å². The number of nitrogens with zero attached hydrogens (tertiary/aromatic N) is 2. The molecule has 4 rings (SSSR count). The van der Waals surface area contributed by atoms with Gasteiger partial charge in [-0.25, -0.2) is 8.42 Å². The molecule has 0 aliphatic carbocycles. The Balaban J connectivity index is 1.85. The van der Waals surface area contributed by atoms with E-state index in [-0.39, 0.29) is 46.3 Å². The Kier molecular flexibility index (Phi) is 11.3. The van der Waals surface area contributed by atoms with Gasteiger partial charge in [0.2, 0.25) is 11.8 Å². The minimum Gasteiger partial charge on any atom is -0.495 e. The molecule has 0 aliphatic heterocycles. The van der Waals surface area contributed by atoms with Gasteiger partial charge in [-0.2, -0.15) is 0 Å². The normalized spacial score (nSPS) is 12.0. The maximum atomic E-state index is 14.6. The Morgan fingerprint density at radius 1 is 0.867 bits per heavy atom. The van der Waals surface area contributed by atoms with Gasteiger partial charge in [0.15, 0.2) is 0 Å². The smallest absolute Gasteiger partial charge is 0.264 e. The SMILES string of the molecule is COc1ccc(Cl)cc1N(CC(=O)N(Cc1cccc(C)c1)[C@H](Cc1ccccc1)C(=O)NC(C)C)S(=O)(=O)c1ccccc1. The standard InChI is InChI=1S/C35H38ClN3O5S/c1-25(2)37-35(41)32(21-27-13-7-5-8-14-27)38(23-28-15-11-12-26(3)20-28)34(40)24-39(31-22-29(36)18-19-33(31)44-4)45(42,43)30-16-9-6-10-17-30/h5-20,22,25,32H,21,23-24H2,1-4H3,(H,37,41)/t32-/m1/s1. The molecule has 0 spiro atoms. The lowest BCUT2D eigenvalue weighted by Gasteiger charge is -2.34. The van der Waals surface area contributed by atoms with Gasteiger partial charge in [-0.05, 0) is 62.2 Å². The fourth-order valence-electron chi connectivity index (χ4n) is 5.03. The first kappa shape index (κ1) is 33.6. The molecule has 1 atom stereocenters. The lowest BCUT2D eigenvalue weighted by Crippen LogP contribution is -2.54. The predicted molar refractivity (Wildman–Crippen MR) is 178 cm³/mol. The van der Waals surface area contributed by atoms with Crippen LogP contribution in [0, 0.1) is 6.92 Å². The van der Waals surface area contributed by atoms with Crippen molar-refractivity contribution in [3.63, 3.8) is 0 Å². The van der Waals surface area contributed by atoms with E-state index in [1.165, 1.54) is 30.2 Å². The predicted octanol–water partition coefficient (Wildman–Crippen LogP) is 6.02. The van der Waals surface area contributed by atoms with E-state index in [4.69, 9.17) is 16.3 Å². The van der Waals surface area contributed by atoms with Crippen molar-refractivity contribution in [2.45, 2.75) is 50.7 Å². The molecule has 0 fully saturated rings. The van der Waals surface area contributed by atoms with Gasteiger partial charge < -0.3 is 15.0 Å². The molecular formula is C35H38ClN3O5S. The number of hydrogen-bond donors (Lipinski definition) is 1. The van der Waals surface area contributed by atoms with Crippen molar-refractivity contribution in [3.05, 3.63) is 125 Å². The summed E-state index contributed by atoms with van der Waals surface area (Å²) in [7, 11) is -2.87. The van der Waals surface area contributed by atoms with E-state index in [0.29, 0.717) is 0 Å². The summed E-state index contributed by atoms with van der Waals surface area (Å²) < 4.78 is 34.9. The second kappa shape index (κ2) is 15.1. The molecule has 2 amide bonds. The number of aryl methyl sites for hydroxylation is 1. The van der Waals surface area contributed by atoms with E-state index in [1.54, 1.807) is 30.3 Å². The molecule has 4 aromatic carbocycles. The van der Waals surface area contributed by atoms with E-state index in [9.17, 15) is 18.0 Å². The molecule has 0 heterocycles. The number of benzene rings is 4. The number of anilines is 1. The number of methoxy groups -OCH3 is 1. The van der Waals surface area contributed by atoms with Crippen molar-refractivity contribution in [1.82, 2.24) is 10.2 Å². The topological polar surface area (TPSA) is 96.0 Å². The number of hydrogen-bond acceptors (Lipinski definition) is 5. The molecule has 0 bridgehead atoms. The van der Waals surface area contributed by atoms with Crippen molar-refractivity contribution in [1.29, 1.82) is 0 Å². The summed E-state index contributed by atoms with van der Waals surface area (Å²) in [6, 6.07) is 28.4. The molecule has 0 unspecified atom stereocenters. The largest absolute Gasteiger partial charge is 0.495 e. The van der Waals surface area contributed by atoms with Crippen LogP contribution in [-0.2, 0) is 32.6 Å². The Morgan fingerprint density at radius 2 is 1.51 bits per heavy atom. The zero-order valence-electron chi connectivity index (χ0n) is 25.8.